The zero-order valence-corrected chi connectivity index (χ0v) is 35.1. The van der Waals surface area contributed by atoms with Gasteiger partial charge in [-0.15, -0.1) is 0 Å². The highest BCUT2D eigenvalue weighted by Gasteiger charge is 2.19. The van der Waals surface area contributed by atoms with Crippen LogP contribution in [0.25, 0.3) is 0 Å². The highest BCUT2D eigenvalue weighted by molar-refractivity contribution is 5.71. The van der Waals surface area contributed by atoms with Crippen LogP contribution in [0.4, 0.5) is 0 Å². The topological polar surface area (TPSA) is 78.9 Å². The van der Waals surface area contributed by atoms with Crippen molar-refractivity contribution in [3.8, 4) is 0 Å². The molecule has 0 aromatic carbocycles. The Hall–Kier alpha value is -1.59. The Morgan fingerprint density at radius 3 is 0.769 bits per heavy atom. The van der Waals surface area contributed by atoms with E-state index in [-0.39, 0.29) is 31.1 Å². The van der Waals surface area contributed by atoms with Gasteiger partial charge in [0.25, 0.3) is 0 Å². The molecule has 0 N–H and O–H groups in total. The lowest BCUT2D eigenvalue weighted by Gasteiger charge is -2.18. The van der Waals surface area contributed by atoms with Crippen LogP contribution in [-0.2, 0) is 28.6 Å². The molecule has 0 aliphatic heterocycles. The number of ether oxygens (including phenoxy) is 3. The summed E-state index contributed by atoms with van der Waals surface area (Å²) in [6.07, 6.45) is 42.6. The van der Waals surface area contributed by atoms with E-state index in [1.165, 1.54) is 154 Å². The summed E-state index contributed by atoms with van der Waals surface area (Å²) in [6.45, 7) is 6.57. The highest BCUT2D eigenvalue weighted by atomic mass is 16.6. The Balaban J connectivity index is 4.11. The quantitative estimate of drug-likeness (QED) is 0.0353. The number of unbranched alkanes of at least 4 members (excludes halogenated alkanes) is 31. The molecule has 0 spiro atoms. The third-order valence-electron chi connectivity index (χ3n) is 10.4. The molecular formula is C46H88O6. The average molecular weight is 737 g/mol. The van der Waals surface area contributed by atoms with Gasteiger partial charge in [-0.05, 0) is 19.3 Å². The minimum atomic E-state index is -0.756. The number of esters is 3. The zero-order valence-electron chi connectivity index (χ0n) is 35.1. The van der Waals surface area contributed by atoms with Gasteiger partial charge in [0, 0.05) is 19.3 Å². The number of carbonyl (C=O) groups is 3. The van der Waals surface area contributed by atoms with Crippen LogP contribution in [0, 0.1) is 0 Å². The van der Waals surface area contributed by atoms with Gasteiger partial charge in [-0.3, -0.25) is 14.4 Å². The van der Waals surface area contributed by atoms with E-state index >= 15 is 0 Å². The van der Waals surface area contributed by atoms with Crippen molar-refractivity contribution in [1.29, 1.82) is 0 Å². The van der Waals surface area contributed by atoms with Crippen LogP contribution in [0.2, 0.25) is 0 Å². The largest absolute Gasteiger partial charge is 0.462 e. The smallest absolute Gasteiger partial charge is 0.306 e. The third-order valence-corrected chi connectivity index (χ3v) is 10.4. The van der Waals surface area contributed by atoms with Crippen LogP contribution in [-0.4, -0.2) is 37.2 Å². The SMILES string of the molecule is CCCCCCCCCCCCCCCCCCCCC(=O)OC[C@H](COC(=O)CCCCCCC)OC(=O)CCCCCCCCCCCCC. The summed E-state index contributed by atoms with van der Waals surface area (Å²) in [4.78, 5) is 37.4. The molecule has 0 fully saturated rings. The van der Waals surface area contributed by atoms with Crippen LogP contribution in [0.5, 0.6) is 0 Å². The second-order valence-electron chi connectivity index (χ2n) is 15.7. The molecule has 1 atom stereocenters. The van der Waals surface area contributed by atoms with Gasteiger partial charge in [-0.25, -0.2) is 0 Å². The molecule has 0 rings (SSSR count). The highest BCUT2D eigenvalue weighted by Crippen LogP contribution is 2.16. The first kappa shape index (κ1) is 50.4. The van der Waals surface area contributed by atoms with Crippen LogP contribution in [0.1, 0.15) is 258 Å². The molecule has 0 radical (unpaired) electrons. The van der Waals surface area contributed by atoms with Crippen molar-refractivity contribution in [2.24, 2.45) is 0 Å². The first-order chi connectivity index (χ1) is 25.5. The standard InChI is InChI=1S/C46H88O6/c1-4-7-10-13-15-17-19-20-21-22-23-24-25-27-28-30-33-36-39-45(48)51-42-43(41-50-44(47)38-35-32-12-9-6-3)52-46(49)40-37-34-31-29-26-18-16-14-11-8-5-2/h43H,4-42H2,1-3H3/t43-/m0/s1. The fourth-order valence-electron chi connectivity index (χ4n) is 6.85. The predicted octanol–water partition coefficient (Wildman–Crippen LogP) is 14.5. The van der Waals surface area contributed by atoms with E-state index in [2.05, 4.69) is 20.8 Å². The van der Waals surface area contributed by atoms with E-state index in [9.17, 15) is 14.4 Å². The Bertz CT molecular complexity index is 768. The first-order valence-electron chi connectivity index (χ1n) is 23.0. The van der Waals surface area contributed by atoms with Crippen molar-refractivity contribution in [3.63, 3.8) is 0 Å². The van der Waals surface area contributed by atoms with Crippen molar-refractivity contribution in [2.75, 3.05) is 13.2 Å². The monoisotopic (exact) mass is 737 g/mol. The fraction of sp³-hybridized carbons (Fsp3) is 0.935. The molecule has 0 bridgehead atoms. The van der Waals surface area contributed by atoms with Crippen molar-refractivity contribution in [3.05, 3.63) is 0 Å². The van der Waals surface area contributed by atoms with Crippen molar-refractivity contribution >= 4 is 17.9 Å². The Kier molecular flexibility index (Phi) is 40.9. The molecule has 0 unspecified atom stereocenters. The van der Waals surface area contributed by atoms with E-state index in [0.29, 0.717) is 19.3 Å². The maximum atomic E-state index is 12.6. The minimum Gasteiger partial charge on any atom is -0.462 e. The molecule has 308 valence electrons. The van der Waals surface area contributed by atoms with Gasteiger partial charge in [0.05, 0.1) is 0 Å². The summed E-state index contributed by atoms with van der Waals surface area (Å²) in [6, 6.07) is 0. The van der Waals surface area contributed by atoms with E-state index in [1.54, 1.807) is 0 Å². The lowest BCUT2D eigenvalue weighted by molar-refractivity contribution is -0.167. The van der Waals surface area contributed by atoms with E-state index in [0.717, 1.165) is 64.2 Å². The lowest BCUT2D eigenvalue weighted by atomic mass is 10.0. The van der Waals surface area contributed by atoms with E-state index in [4.69, 9.17) is 14.2 Å². The fourth-order valence-corrected chi connectivity index (χ4v) is 6.85. The van der Waals surface area contributed by atoms with Gasteiger partial charge in [0.15, 0.2) is 6.10 Å². The minimum absolute atomic E-state index is 0.0638. The molecule has 0 saturated carbocycles. The molecule has 6 nitrogen and oxygen atoms in total. The van der Waals surface area contributed by atoms with Crippen molar-refractivity contribution in [2.45, 2.75) is 264 Å². The van der Waals surface area contributed by atoms with Crippen molar-refractivity contribution in [1.82, 2.24) is 0 Å². The second-order valence-corrected chi connectivity index (χ2v) is 15.7. The Morgan fingerprint density at radius 2 is 0.519 bits per heavy atom. The summed E-state index contributed by atoms with van der Waals surface area (Å²) in [5.74, 6) is -0.866. The molecule has 0 aromatic rings. The normalized spacial score (nSPS) is 11.8. The second kappa shape index (κ2) is 42.2. The first-order valence-corrected chi connectivity index (χ1v) is 23.0. The van der Waals surface area contributed by atoms with Gasteiger partial charge in [-0.1, -0.05) is 220 Å². The van der Waals surface area contributed by atoms with E-state index < -0.39 is 6.10 Å². The summed E-state index contributed by atoms with van der Waals surface area (Å²) in [5.41, 5.74) is 0. The molecule has 0 aliphatic rings. The molecule has 0 amide bonds. The molecule has 0 saturated heterocycles. The summed E-state index contributed by atoms with van der Waals surface area (Å²) in [5, 5.41) is 0. The number of carbonyl (C=O) groups excluding carboxylic acids is 3. The predicted molar refractivity (Wildman–Crippen MR) is 220 cm³/mol. The van der Waals surface area contributed by atoms with Gasteiger partial charge in [0.2, 0.25) is 0 Å². The maximum Gasteiger partial charge on any atom is 0.306 e. The molecule has 0 heterocycles. The van der Waals surface area contributed by atoms with Gasteiger partial charge in [-0.2, -0.15) is 0 Å². The Labute approximate surface area is 323 Å². The molecule has 52 heavy (non-hydrogen) atoms. The Morgan fingerprint density at radius 1 is 0.308 bits per heavy atom. The number of hydrogen-bond acceptors (Lipinski definition) is 6. The zero-order chi connectivity index (χ0) is 38.0. The van der Waals surface area contributed by atoms with Gasteiger partial charge < -0.3 is 14.2 Å². The number of rotatable bonds is 42. The van der Waals surface area contributed by atoms with Crippen LogP contribution in [0.3, 0.4) is 0 Å². The maximum absolute atomic E-state index is 12.6. The van der Waals surface area contributed by atoms with Crippen LogP contribution >= 0.6 is 0 Å². The average Bonchev–Trinajstić information content (AvgIpc) is 3.14. The molecular weight excluding hydrogens is 648 g/mol. The lowest BCUT2D eigenvalue weighted by Crippen LogP contribution is -2.30. The molecule has 0 aromatic heterocycles. The van der Waals surface area contributed by atoms with E-state index in [1.807, 2.05) is 0 Å². The molecule has 0 aliphatic carbocycles. The number of hydrogen-bond donors (Lipinski definition) is 0. The third kappa shape index (κ3) is 39.6. The molecule has 6 heteroatoms. The summed E-state index contributed by atoms with van der Waals surface area (Å²) in [7, 11) is 0. The summed E-state index contributed by atoms with van der Waals surface area (Å²) < 4.78 is 16.6. The van der Waals surface area contributed by atoms with Crippen molar-refractivity contribution < 1.29 is 28.6 Å². The van der Waals surface area contributed by atoms with Gasteiger partial charge >= 0.3 is 17.9 Å². The van der Waals surface area contributed by atoms with Crippen LogP contribution in [0.15, 0.2) is 0 Å². The summed E-state index contributed by atoms with van der Waals surface area (Å²) >= 11 is 0. The van der Waals surface area contributed by atoms with Crippen LogP contribution < -0.4 is 0 Å². The van der Waals surface area contributed by atoms with Gasteiger partial charge in [0.1, 0.15) is 13.2 Å².